The van der Waals surface area contributed by atoms with Crippen LogP contribution in [0.25, 0.3) is 0 Å². The molecule has 5 nitrogen and oxygen atoms in total. The van der Waals surface area contributed by atoms with Crippen molar-refractivity contribution in [3.05, 3.63) is 23.3 Å². The number of aliphatic hydroxyl groups excluding tert-OH is 1. The standard InChI is InChI=1S/C25H38O5/c1-15(7-9-17-16(2)13-20(26)29-17)8-10-19-23(3)11-6-12-24(4)21(23)18(30-22(24)27)14-25(19,5)28/h7,13,17-19,21-22,27-28H,6,8-12,14H2,1-5H3/b15-7+/t17-,18+,19-,21-,22?,23-,24-,25-/m1/s1. The van der Waals surface area contributed by atoms with Gasteiger partial charge in [0.25, 0.3) is 0 Å². The van der Waals surface area contributed by atoms with Crippen LogP contribution in [0.2, 0.25) is 0 Å². The van der Waals surface area contributed by atoms with E-state index in [4.69, 9.17) is 9.47 Å². The Hall–Kier alpha value is -1.17. The molecule has 0 radical (unpaired) electrons. The summed E-state index contributed by atoms with van der Waals surface area (Å²) in [4.78, 5) is 11.4. The van der Waals surface area contributed by atoms with Crippen LogP contribution in [0.15, 0.2) is 23.3 Å². The first-order valence-electron chi connectivity index (χ1n) is 11.6. The molecule has 1 unspecified atom stereocenters. The SMILES string of the molecule is CC1=CC(=O)O[C@@H]1C/C=C(\C)CC[C@@H]1[C@@]2(C)CCC[C@@]3(C)C(O)O[C@@H](C[C@@]1(C)O)[C@H]23. The van der Waals surface area contributed by atoms with Crippen LogP contribution in [-0.4, -0.2) is 40.3 Å². The minimum atomic E-state index is -0.807. The molecule has 3 fully saturated rings. The minimum Gasteiger partial charge on any atom is -0.454 e. The molecule has 0 aromatic heterocycles. The summed E-state index contributed by atoms with van der Waals surface area (Å²) in [6.45, 7) is 10.5. The Balaban J connectivity index is 1.48. The van der Waals surface area contributed by atoms with Crippen LogP contribution in [0, 0.1) is 22.7 Å². The van der Waals surface area contributed by atoms with Crippen LogP contribution in [-0.2, 0) is 14.3 Å². The van der Waals surface area contributed by atoms with Crippen LogP contribution in [0.1, 0.15) is 79.6 Å². The van der Waals surface area contributed by atoms with Crippen LogP contribution in [0.3, 0.4) is 0 Å². The summed E-state index contributed by atoms with van der Waals surface area (Å²) in [5.74, 6) is 0.202. The van der Waals surface area contributed by atoms with Gasteiger partial charge in [0.15, 0.2) is 6.29 Å². The lowest BCUT2D eigenvalue weighted by atomic mass is 9.44. The second-order valence-electron chi connectivity index (χ2n) is 11.1. The summed E-state index contributed by atoms with van der Waals surface area (Å²) in [6.07, 6.45) is 9.08. The van der Waals surface area contributed by atoms with E-state index in [1.54, 1.807) is 6.08 Å². The third-order valence-electron chi connectivity index (χ3n) is 8.87. The third-order valence-corrected chi connectivity index (χ3v) is 8.87. The van der Waals surface area contributed by atoms with E-state index in [1.807, 2.05) is 13.8 Å². The van der Waals surface area contributed by atoms with Crippen LogP contribution in [0.5, 0.6) is 0 Å². The average Bonchev–Trinajstić information content (AvgIpc) is 3.08. The highest BCUT2D eigenvalue weighted by atomic mass is 16.6. The highest BCUT2D eigenvalue weighted by Gasteiger charge is 2.68. The zero-order valence-corrected chi connectivity index (χ0v) is 19.1. The smallest absolute Gasteiger partial charge is 0.331 e. The maximum Gasteiger partial charge on any atom is 0.331 e. The molecule has 0 bridgehead atoms. The predicted molar refractivity (Wildman–Crippen MR) is 114 cm³/mol. The van der Waals surface area contributed by atoms with Gasteiger partial charge in [0.1, 0.15) is 6.10 Å². The van der Waals surface area contributed by atoms with Crippen LogP contribution >= 0.6 is 0 Å². The number of cyclic esters (lactones) is 1. The fourth-order valence-corrected chi connectivity index (χ4v) is 7.46. The molecular weight excluding hydrogens is 380 g/mol. The van der Waals surface area contributed by atoms with Crippen molar-refractivity contribution in [1.82, 2.24) is 0 Å². The Morgan fingerprint density at radius 2 is 1.97 bits per heavy atom. The van der Waals surface area contributed by atoms with Gasteiger partial charge in [0.2, 0.25) is 0 Å². The molecule has 2 saturated carbocycles. The molecule has 5 heteroatoms. The van der Waals surface area contributed by atoms with E-state index in [9.17, 15) is 15.0 Å². The minimum absolute atomic E-state index is 0.0442. The third kappa shape index (κ3) is 3.47. The fourth-order valence-electron chi connectivity index (χ4n) is 7.46. The summed E-state index contributed by atoms with van der Waals surface area (Å²) in [7, 11) is 0. The normalized spacial score (nSPS) is 48.4. The summed E-state index contributed by atoms with van der Waals surface area (Å²) in [6, 6.07) is 0. The van der Waals surface area contributed by atoms with Crippen molar-refractivity contribution in [2.24, 2.45) is 22.7 Å². The number of esters is 1. The summed E-state index contributed by atoms with van der Waals surface area (Å²) < 4.78 is 11.3. The van der Waals surface area contributed by atoms with Crippen LogP contribution < -0.4 is 0 Å². The van der Waals surface area contributed by atoms with E-state index >= 15 is 0 Å². The van der Waals surface area contributed by atoms with Gasteiger partial charge in [-0.2, -0.15) is 0 Å². The second-order valence-corrected chi connectivity index (χ2v) is 11.1. The molecular formula is C25H38O5. The lowest BCUT2D eigenvalue weighted by Gasteiger charge is -2.60. The first-order valence-corrected chi connectivity index (χ1v) is 11.6. The van der Waals surface area contributed by atoms with E-state index < -0.39 is 11.9 Å². The Kier molecular flexibility index (Phi) is 5.48. The number of carbonyl (C=O) groups is 1. The van der Waals surface area contributed by atoms with Crippen molar-refractivity contribution < 1.29 is 24.5 Å². The molecule has 8 atom stereocenters. The number of aliphatic hydroxyl groups is 2. The number of ether oxygens (including phenoxy) is 2. The lowest BCUT2D eigenvalue weighted by Crippen LogP contribution is -2.61. The van der Waals surface area contributed by atoms with E-state index in [0.29, 0.717) is 12.8 Å². The van der Waals surface area contributed by atoms with Crippen molar-refractivity contribution >= 4 is 5.97 Å². The molecule has 0 aromatic carbocycles. The van der Waals surface area contributed by atoms with E-state index in [2.05, 4.69) is 26.8 Å². The highest BCUT2D eigenvalue weighted by molar-refractivity contribution is 5.85. The molecule has 0 spiro atoms. The molecule has 168 valence electrons. The molecule has 2 N–H and O–H groups in total. The largest absolute Gasteiger partial charge is 0.454 e. The summed E-state index contributed by atoms with van der Waals surface area (Å²) >= 11 is 0. The van der Waals surface area contributed by atoms with Gasteiger partial charge in [-0.1, -0.05) is 31.9 Å². The number of rotatable bonds is 5. The van der Waals surface area contributed by atoms with Gasteiger partial charge in [-0.15, -0.1) is 0 Å². The molecule has 2 heterocycles. The molecule has 0 aromatic rings. The van der Waals surface area contributed by atoms with E-state index in [1.165, 1.54) is 5.57 Å². The number of allylic oxidation sites excluding steroid dienone is 1. The van der Waals surface area contributed by atoms with Crippen molar-refractivity contribution in [1.29, 1.82) is 0 Å². The van der Waals surface area contributed by atoms with Gasteiger partial charge in [-0.05, 0) is 63.4 Å². The Bertz CT molecular complexity index is 768. The maximum absolute atomic E-state index is 11.5. The van der Waals surface area contributed by atoms with Gasteiger partial charge in [0.05, 0.1) is 11.7 Å². The Morgan fingerprint density at radius 1 is 1.27 bits per heavy atom. The van der Waals surface area contributed by atoms with Gasteiger partial charge in [-0.3, -0.25) is 0 Å². The van der Waals surface area contributed by atoms with Gasteiger partial charge >= 0.3 is 5.97 Å². The van der Waals surface area contributed by atoms with Gasteiger partial charge in [0, 0.05) is 30.3 Å². The molecule has 30 heavy (non-hydrogen) atoms. The average molecular weight is 419 g/mol. The van der Waals surface area contributed by atoms with Crippen molar-refractivity contribution in [3.8, 4) is 0 Å². The zero-order valence-electron chi connectivity index (χ0n) is 19.1. The zero-order chi connectivity index (χ0) is 21.9. The van der Waals surface area contributed by atoms with Gasteiger partial charge < -0.3 is 19.7 Å². The fraction of sp³-hybridized carbons (Fsp3) is 0.800. The first-order chi connectivity index (χ1) is 14.0. The molecule has 1 saturated heterocycles. The van der Waals surface area contributed by atoms with Crippen molar-refractivity contribution in [2.75, 3.05) is 0 Å². The molecule has 2 aliphatic carbocycles. The maximum atomic E-state index is 11.5. The lowest BCUT2D eigenvalue weighted by molar-refractivity contribution is -0.182. The molecule has 4 rings (SSSR count). The van der Waals surface area contributed by atoms with Gasteiger partial charge in [-0.25, -0.2) is 4.79 Å². The molecule has 2 aliphatic heterocycles. The Labute approximate surface area is 180 Å². The predicted octanol–water partition coefficient (Wildman–Crippen LogP) is 4.28. The molecule has 4 aliphatic rings. The quantitative estimate of drug-likeness (QED) is 0.515. The topological polar surface area (TPSA) is 76.0 Å². The first kappa shape index (κ1) is 22.0. The number of hydrogen-bond donors (Lipinski definition) is 2. The number of carbonyl (C=O) groups excluding carboxylic acids is 1. The van der Waals surface area contributed by atoms with Crippen molar-refractivity contribution in [3.63, 3.8) is 0 Å². The second kappa shape index (κ2) is 7.46. The Morgan fingerprint density at radius 3 is 2.63 bits per heavy atom. The van der Waals surface area contributed by atoms with Crippen molar-refractivity contribution in [2.45, 2.75) is 104 Å². The monoisotopic (exact) mass is 418 g/mol. The summed E-state index contributed by atoms with van der Waals surface area (Å²) in [5.41, 5.74) is 1.19. The van der Waals surface area contributed by atoms with Crippen LogP contribution in [0.4, 0.5) is 0 Å². The number of hydrogen-bond acceptors (Lipinski definition) is 5. The summed E-state index contributed by atoms with van der Waals surface area (Å²) in [5, 5.41) is 22.1. The highest BCUT2D eigenvalue weighted by Crippen LogP contribution is 2.67. The van der Waals surface area contributed by atoms with E-state index in [-0.39, 0.29) is 40.8 Å². The van der Waals surface area contributed by atoms with E-state index in [0.717, 1.165) is 37.7 Å². The molecule has 0 amide bonds.